The van der Waals surface area contributed by atoms with E-state index in [1.54, 1.807) is 12.1 Å². The Kier molecular flexibility index (Phi) is 3.06. The van der Waals surface area contributed by atoms with Crippen molar-refractivity contribution < 1.29 is 9.90 Å². The third kappa shape index (κ3) is 2.12. The minimum atomic E-state index is -0.929. The van der Waals surface area contributed by atoms with Gasteiger partial charge in [0.25, 0.3) is 0 Å². The molecule has 0 saturated heterocycles. The summed E-state index contributed by atoms with van der Waals surface area (Å²) in [4.78, 5) is 15.7. The largest absolute Gasteiger partial charge is 0.478 e. The maximum Gasteiger partial charge on any atom is 0.336 e. The van der Waals surface area contributed by atoms with Gasteiger partial charge < -0.3 is 10.8 Å². The number of benzene rings is 1. The summed E-state index contributed by atoms with van der Waals surface area (Å²) < 4.78 is 0. The van der Waals surface area contributed by atoms with Gasteiger partial charge in [-0.25, -0.2) is 4.79 Å². The van der Waals surface area contributed by atoms with Gasteiger partial charge in [-0.3, -0.25) is 4.98 Å². The van der Waals surface area contributed by atoms with Crippen molar-refractivity contribution in [3.8, 4) is 0 Å². The molecule has 0 aliphatic carbocycles. The van der Waals surface area contributed by atoms with Gasteiger partial charge in [-0.2, -0.15) is 0 Å². The second-order valence-electron chi connectivity index (χ2n) is 3.98. The molecular formula is C13H14N2O2. The number of carbonyl (C=O) groups is 1. The molecule has 0 fully saturated rings. The lowest BCUT2D eigenvalue weighted by Crippen LogP contribution is -2.07. The van der Waals surface area contributed by atoms with E-state index in [1.165, 1.54) is 0 Å². The predicted octanol–water partition coefficient (Wildman–Crippen LogP) is 1.74. The molecule has 88 valence electrons. The SMILES string of the molecule is Cc1cccc2c(C(=O)O)cc(CCN)nc12. The molecule has 2 aromatic rings. The summed E-state index contributed by atoms with van der Waals surface area (Å²) in [6.45, 7) is 2.39. The number of rotatable bonds is 3. The Labute approximate surface area is 99.1 Å². The van der Waals surface area contributed by atoms with Gasteiger partial charge in [0.05, 0.1) is 11.1 Å². The standard InChI is InChI=1S/C13H14N2O2/c1-8-3-2-4-10-11(13(16)17)7-9(5-6-14)15-12(8)10/h2-4,7H,5-6,14H2,1H3,(H,16,17). The van der Waals surface area contributed by atoms with E-state index in [4.69, 9.17) is 5.73 Å². The van der Waals surface area contributed by atoms with Crippen LogP contribution in [0.25, 0.3) is 10.9 Å². The Bertz CT molecular complexity index is 579. The number of carboxylic acid groups (broad SMARTS) is 1. The van der Waals surface area contributed by atoms with E-state index in [-0.39, 0.29) is 0 Å². The summed E-state index contributed by atoms with van der Waals surface area (Å²) >= 11 is 0. The molecular weight excluding hydrogens is 216 g/mol. The van der Waals surface area contributed by atoms with E-state index < -0.39 is 5.97 Å². The number of nitrogens with zero attached hydrogens (tertiary/aromatic N) is 1. The molecule has 0 radical (unpaired) electrons. The molecule has 0 atom stereocenters. The Morgan fingerprint density at radius 3 is 2.88 bits per heavy atom. The van der Waals surface area contributed by atoms with Gasteiger partial charge in [-0.15, -0.1) is 0 Å². The van der Waals surface area contributed by atoms with Crippen molar-refractivity contribution >= 4 is 16.9 Å². The summed E-state index contributed by atoms with van der Waals surface area (Å²) in [6.07, 6.45) is 0.588. The third-order valence-electron chi connectivity index (χ3n) is 2.73. The topological polar surface area (TPSA) is 76.2 Å². The van der Waals surface area contributed by atoms with Crippen LogP contribution in [-0.2, 0) is 6.42 Å². The maximum absolute atomic E-state index is 11.2. The molecule has 0 amide bonds. The van der Waals surface area contributed by atoms with Crippen LogP contribution in [0.5, 0.6) is 0 Å². The number of hydrogen-bond acceptors (Lipinski definition) is 3. The van der Waals surface area contributed by atoms with Gasteiger partial charge in [0.2, 0.25) is 0 Å². The summed E-state index contributed by atoms with van der Waals surface area (Å²) in [5, 5.41) is 9.89. The summed E-state index contributed by atoms with van der Waals surface area (Å²) in [7, 11) is 0. The lowest BCUT2D eigenvalue weighted by molar-refractivity contribution is 0.0699. The highest BCUT2D eigenvalue weighted by Gasteiger charge is 2.12. The number of aromatic carboxylic acids is 1. The lowest BCUT2D eigenvalue weighted by atomic mass is 10.0. The molecule has 1 aromatic carbocycles. The van der Waals surface area contributed by atoms with Crippen molar-refractivity contribution in [1.82, 2.24) is 4.98 Å². The monoisotopic (exact) mass is 230 g/mol. The highest BCUT2D eigenvalue weighted by atomic mass is 16.4. The zero-order valence-corrected chi connectivity index (χ0v) is 9.60. The van der Waals surface area contributed by atoms with Crippen molar-refractivity contribution in [2.75, 3.05) is 6.54 Å². The minimum absolute atomic E-state index is 0.294. The van der Waals surface area contributed by atoms with Crippen LogP contribution in [0.4, 0.5) is 0 Å². The van der Waals surface area contributed by atoms with Crippen molar-refractivity contribution in [3.63, 3.8) is 0 Å². The molecule has 0 aliphatic heterocycles. The van der Waals surface area contributed by atoms with Crippen LogP contribution in [0.1, 0.15) is 21.6 Å². The first-order chi connectivity index (χ1) is 8.13. The van der Waals surface area contributed by atoms with Crippen LogP contribution in [0.2, 0.25) is 0 Å². The van der Waals surface area contributed by atoms with Gasteiger partial charge in [-0.1, -0.05) is 18.2 Å². The molecule has 1 heterocycles. The van der Waals surface area contributed by atoms with Gasteiger partial charge >= 0.3 is 5.97 Å². The van der Waals surface area contributed by atoms with Gasteiger partial charge in [0, 0.05) is 17.5 Å². The number of para-hydroxylation sites is 1. The summed E-state index contributed by atoms with van der Waals surface area (Å²) in [6, 6.07) is 7.16. The second-order valence-corrected chi connectivity index (χ2v) is 3.98. The van der Waals surface area contributed by atoms with E-state index in [0.29, 0.717) is 23.9 Å². The first-order valence-corrected chi connectivity index (χ1v) is 5.46. The molecule has 0 unspecified atom stereocenters. The number of carboxylic acids is 1. The fourth-order valence-corrected chi connectivity index (χ4v) is 1.90. The number of aryl methyl sites for hydroxylation is 1. The molecule has 0 bridgehead atoms. The highest BCUT2D eigenvalue weighted by Crippen LogP contribution is 2.21. The van der Waals surface area contributed by atoms with Crippen LogP contribution < -0.4 is 5.73 Å². The van der Waals surface area contributed by atoms with E-state index in [9.17, 15) is 9.90 Å². The molecule has 1 aromatic heterocycles. The van der Waals surface area contributed by atoms with Gasteiger partial charge in [-0.05, 0) is 25.1 Å². The van der Waals surface area contributed by atoms with Gasteiger partial charge in [0.1, 0.15) is 0 Å². The van der Waals surface area contributed by atoms with Crippen LogP contribution in [-0.4, -0.2) is 22.6 Å². The number of fused-ring (bicyclic) bond motifs is 1. The Hall–Kier alpha value is -1.94. The number of pyridine rings is 1. The van der Waals surface area contributed by atoms with E-state index >= 15 is 0 Å². The van der Waals surface area contributed by atoms with E-state index in [1.807, 2.05) is 19.1 Å². The number of aromatic nitrogens is 1. The summed E-state index contributed by atoms with van der Waals surface area (Å²) in [5.74, 6) is -0.929. The van der Waals surface area contributed by atoms with Crippen molar-refractivity contribution in [2.45, 2.75) is 13.3 Å². The molecule has 3 N–H and O–H groups in total. The second kappa shape index (κ2) is 4.51. The molecule has 17 heavy (non-hydrogen) atoms. The Balaban J connectivity index is 2.76. The maximum atomic E-state index is 11.2. The zero-order chi connectivity index (χ0) is 12.4. The fourth-order valence-electron chi connectivity index (χ4n) is 1.90. The quantitative estimate of drug-likeness (QED) is 0.842. The van der Waals surface area contributed by atoms with E-state index in [2.05, 4.69) is 4.98 Å². The lowest BCUT2D eigenvalue weighted by Gasteiger charge is -2.07. The average molecular weight is 230 g/mol. The molecule has 0 aliphatic rings. The molecule has 4 nitrogen and oxygen atoms in total. The van der Waals surface area contributed by atoms with Gasteiger partial charge in [0.15, 0.2) is 0 Å². The van der Waals surface area contributed by atoms with Crippen molar-refractivity contribution in [2.24, 2.45) is 5.73 Å². The van der Waals surface area contributed by atoms with Crippen LogP contribution in [0.3, 0.4) is 0 Å². The zero-order valence-electron chi connectivity index (χ0n) is 9.60. The summed E-state index contributed by atoms with van der Waals surface area (Å²) in [5.41, 5.74) is 8.23. The minimum Gasteiger partial charge on any atom is -0.478 e. The van der Waals surface area contributed by atoms with Crippen molar-refractivity contribution in [3.05, 3.63) is 41.1 Å². The molecule has 0 saturated carbocycles. The normalized spacial score (nSPS) is 10.7. The number of nitrogens with two attached hydrogens (primary N) is 1. The highest BCUT2D eigenvalue weighted by molar-refractivity contribution is 6.03. The number of hydrogen-bond donors (Lipinski definition) is 2. The van der Waals surface area contributed by atoms with Crippen LogP contribution >= 0.6 is 0 Å². The Morgan fingerprint density at radius 1 is 1.47 bits per heavy atom. The van der Waals surface area contributed by atoms with Crippen LogP contribution in [0, 0.1) is 6.92 Å². The molecule has 0 spiro atoms. The first-order valence-electron chi connectivity index (χ1n) is 5.46. The average Bonchev–Trinajstić information content (AvgIpc) is 2.29. The molecule has 4 heteroatoms. The fraction of sp³-hybridized carbons (Fsp3) is 0.231. The first kappa shape index (κ1) is 11.5. The van der Waals surface area contributed by atoms with E-state index in [0.717, 1.165) is 16.8 Å². The Morgan fingerprint density at radius 2 is 2.24 bits per heavy atom. The van der Waals surface area contributed by atoms with Crippen molar-refractivity contribution in [1.29, 1.82) is 0 Å². The molecule has 2 rings (SSSR count). The predicted molar refractivity (Wildman–Crippen MR) is 66.2 cm³/mol. The third-order valence-corrected chi connectivity index (χ3v) is 2.73. The van der Waals surface area contributed by atoms with Crippen LogP contribution in [0.15, 0.2) is 24.3 Å². The smallest absolute Gasteiger partial charge is 0.336 e.